The summed E-state index contributed by atoms with van der Waals surface area (Å²) in [6.07, 6.45) is -2.83. The molecule has 0 unspecified atom stereocenters. The van der Waals surface area contributed by atoms with Crippen molar-refractivity contribution in [3.63, 3.8) is 0 Å². The van der Waals surface area contributed by atoms with E-state index in [0.29, 0.717) is 12.0 Å². The molecule has 102 valence electrons. The summed E-state index contributed by atoms with van der Waals surface area (Å²) in [6, 6.07) is 4.90. The Balaban J connectivity index is 2.57. The molecule has 0 aliphatic rings. The van der Waals surface area contributed by atoms with E-state index in [2.05, 4.69) is 5.10 Å². The number of rotatable bonds is 3. The molecule has 0 spiro atoms. The van der Waals surface area contributed by atoms with Crippen LogP contribution in [-0.2, 0) is 12.6 Å². The van der Waals surface area contributed by atoms with Gasteiger partial charge in [0.1, 0.15) is 0 Å². The van der Waals surface area contributed by atoms with Crippen LogP contribution in [0.3, 0.4) is 0 Å². The number of hydrogen-bond acceptors (Lipinski definition) is 2. The number of benzene rings is 1. The molecule has 0 saturated heterocycles. The van der Waals surface area contributed by atoms with Crippen LogP contribution in [0.1, 0.15) is 11.1 Å². The van der Waals surface area contributed by atoms with Gasteiger partial charge in [0.05, 0.1) is 11.3 Å². The van der Waals surface area contributed by atoms with Crippen molar-refractivity contribution in [2.75, 3.05) is 6.54 Å². The molecule has 1 aromatic heterocycles. The predicted octanol–water partition coefficient (Wildman–Crippen LogP) is 1.69. The van der Waals surface area contributed by atoms with Crippen molar-refractivity contribution < 1.29 is 13.2 Å². The fourth-order valence-electron chi connectivity index (χ4n) is 1.83. The zero-order chi connectivity index (χ0) is 14.0. The van der Waals surface area contributed by atoms with E-state index in [0.717, 1.165) is 10.7 Å². The van der Waals surface area contributed by atoms with E-state index in [-0.39, 0.29) is 12.2 Å². The highest BCUT2D eigenvalue weighted by molar-refractivity contribution is 5.42. The molecule has 0 saturated carbocycles. The maximum Gasteiger partial charge on any atom is 0.418 e. The molecule has 1 heterocycles. The number of nitrogens with one attached hydrogen (secondary N) is 1. The largest absolute Gasteiger partial charge is 0.418 e. The lowest BCUT2D eigenvalue weighted by Crippen LogP contribution is -2.22. The number of halogens is 3. The number of aromatic amines is 1. The first kappa shape index (κ1) is 13.4. The van der Waals surface area contributed by atoms with Crippen molar-refractivity contribution in [3.8, 4) is 5.69 Å². The van der Waals surface area contributed by atoms with Gasteiger partial charge in [-0.1, -0.05) is 12.1 Å². The molecule has 0 amide bonds. The first-order chi connectivity index (χ1) is 8.95. The number of alkyl halides is 3. The van der Waals surface area contributed by atoms with Crippen LogP contribution in [0.5, 0.6) is 0 Å². The van der Waals surface area contributed by atoms with Gasteiger partial charge < -0.3 is 5.73 Å². The Kier molecular flexibility index (Phi) is 3.48. The second-order valence-electron chi connectivity index (χ2n) is 3.99. The van der Waals surface area contributed by atoms with Gasteiger partial charge >= 0.3 is 6.18 Å². The summed E-state index contributed by atoms with van der Waals surface area (Å²) in [5.41, 5.74) is 4.10. The molecule has 0 aliphatic carbocycles. The number of aromatic nitrogens is 2. The molecule has 3 N–H and O–H groups in total. The van der Waals surface area contributed by atoms with Crippen LogP contribution in [0.4, 0.5) is 13.2 Å². The van der Waals surface area contributed by atoms with E-state index in [9.17, 15) is 18.0 Å². The number of H-pyrrole nitrogens is 1. The monoisotopic (exact) mass is 271 g/mol. The van der Waals surface area contributed by atoms with Crippen molar-refractivity contribution in [3.05, 3.63) is 51.9 Å². The minimum Gasteiger partial charge on any atom is -0.330 e. The smallest absolute Gasteiger partial charge is 0.330 e. The maximum absolute atomic E-state index is 12.9. The molecule has 0 fully saturated rings. The van der Waals surface area contributed by atoms with Gasteiger partial charge in [-0.15, -0.1) is 0 Å². The lowest BCUT2D eigenvalue weighted by Gasteiger charge is -2.12. The number of nitrogens with two attached hydrogens (primary N) is 1. The van der Waals surface area contributed by atoms with Crippen LogP contribution in [0.15, 0.2) is 35.3 Å². The van der Waals surface area contributed by atoms with Crippen molar-refractivity contribution in [1.82, 2.24) is 9.78 Å². The lowest BCUT2D eigenvalue weighted by molar-refractivity contribution is -0.137. The standard InChI is InChI=1S/C12H12F3N3O/c13-12(14,15)9-3-1-2-4-10(9)18-11(19)8(5-6-16)7-17-18/h1-4,7,17H,5-6,16H2. The summed E-state index contributed by atoms with van der Waals surface area (Å²) in [6.45, 7) is 0.258. The normalized spacial score (nSPS) is 11.8. The summed E-state index contributed by atoms with van der Waals surface area (Å²) in [4.78, 5) is 11.9. The van der Waals surface area contributed by atoms with Crippen molar-refractivity contribution in [1.29, 1.82) is 0 Å². The molecule has 2 rings (SSSR count). The maximum atomic E-state index is 12.9. The van der Waals surface area contributed by atoms with Gasteiger partial charge in [-0.05, 0) is 25.1 Å². The Morgan fingerprint density at radius 1 is 1.26 bits per heavy atom. The van der Waals surface area contributed by atoms with E-state index in [4.69, 9.17) is 5.73 Å². The summed E-state index contributed by atoms with van der Waals surface area (Å²) in [7, 11) is 0. The van der Waals surface area contributed by atoms with Crippen LogP contribution < -0.4 is 11.3 Å². The number of nitrogens with zero attached hydrogens (tertiary/aromatic N) is 1. The predicted molar refractivity (Wildman–Crippen MR) is 64.2 cm³/mol. The van der Waals surface area contributed by atoms with Crippen LogP contribution in [-0.4, -0.2) is 16.3 Å². The van der Waals surface area contributed by atoms with E-state index < -0.39 is 17.3 Å². The highest BCUT2D eigenvalue weighted by Gasteiger charge is 2.34. The quantitative estimate of drug-likeness (QED) is 0.892. The molecule has 2 aromatic rings. The van der Waals surface area contributed by atoms with Gasteiger partial charge in [-0.25, -0.2) is 4.68 Å². The average molecular weight is 271 g/mol. The lowest BCUT2D eigenvalue weighted by atomic mass is 10.1. The fraction of sp³-hybridized carbons (Fsp3) is 0.250. The van der Waals surface area contributed by atoms with E-state index in [1.807, 2.05) is 0 Å². The topological polar surface area (TPSA) is 63.8 Å². The molecule has 0 atom stereocenters. The van der Waals surface area contributed by atoms with E-state index >= 15 is 0 Å². The van der Waals surface area contributed by atoms with Crippen molar-refractivity contribution >= 4 is 0 Å². The molecule has 4 nitrogen and oxygen atoms in total. The Hall–Kier alpha value is -2.02. The zero-order valence-corrected chi connectivity index (χ0v) is 9.87. The summed E-state index contributed by atoms with van der Waals surface area (Å²) in [5, 5.41) is 2.54. The highest BCUT2D eigenvalue weighted by Crippen LogP contribution is 2.32. The van der Waals surface area contributed by atoms with Crippen LogP contribution in [0.25, 0.3) is 5.69 Å². The molecular formula is C12H12F3N3O. The van der Waals surface area contributed by atoms with Gasteiger partial charge in [0.15, 0.2) is 0 Å². The minimum absolute atomic E-state index is 0.219. The van der Waals surface area contributed by atoms with Crippen LogP contribution in [0, 0.1) is 0 Å². The van der Waals surface area contributed by atoms with Crippen LogP contribution >= 0.6 is 0 Å². The van der Waals surface area contributed by atoms with Crippen molar-refractivity contribution in [2.24, 2.45) is 5.73 Å². The zero-order valence-electron chi connectivity index (χ0n) is 9.87. The molecule has 19 heavy (non-hydrogen) atoms. The third kappa shape index (κ3) is 2.55. The van der Waals surface area contributed by atoms with Crippen LogP contribution in [0.2, 0.25) is 0 Å². The molecule has 0 radical (unpaired) electrons. The number of hydrogen-bond donors (Lipinski definition) is 2. The Morgan fingerprint density at radius 3 is 2.58 bits per heavy atom. The summed E-state index contributed by atoms with van der Waals surface area (Å²) < 4.78 is 39.5. The van der Waals surface area contributed by atoms with E-state index in [1.54, 1.807) is 0 Å². The first-order valence-electron chi connectivity index (χ1n) is 5.61. The first-order valence-corrected chi connectivity index (χ1v) is 5.61. The molecule has 7 heteroatoms. The molecular weight excluding hydrogens is 259 g/mol. The van der Waals surface area contributed by atoms with Gasteiger partial charge in [0, 0.05) is 11.8 Å². The second kappa shape index (κ2) is 4.93. The Bertz CT molecular complexity index is 628. The Morgan fingerprint density at radius 2 is 1.95 bits per heavy atom. The Labute approximate surface area is 106 Å². The number of para-hydroxylation sites is 1. The third-order valence-electron chi connectivity index (χ3n) is 2.71. The SMILES string of the molecule is NCCc1c[nH]n(-c2ccccc2C(F)(F)F)c1=O. The second-order valence-corrected chi connectivity index (χ2v) is 3.99. The highest BCUT2D eigenvalue weighted by atomic mass is 19.4. The van der Waals surface area contributed by atoms with Gasteiger partial charge in [-0.3, -0.25) is 9.89 Å². The molecule has 0 aliphatic heterocycles. The van der Waals surface area contributed by atoms with E-state index in [1.165, 1.54) is 24.4 Å². The van der Waals surface area contributed by atoms with Gasteiger partial charge in [-0.2, -0.15) is 13.2 Å². The average Bonchev–Trinajstić information content (AvgIpc) is 2.71. The molecule has 1 aromatic carbocycles. The summed E-state index contributed by atoms with van der Waals surface area (Å²) in [5.74, 6) is 0. The fourth-order valence-corrected chi connectivity index (χ4v) is 1.83. The molecule has 0 bridgehead atoms. The van der Waals surface area contributed by atoms with Gasteiger partial charge in [0.25, 0.3) is 5.56 Å². The third-order valence-corrected chi connectivity index (χ3v) is 2.71. The summed E-state index contributed by atoms with van der Waals surface area (Å²) >= 11 is 0. The van der Waals surface area contributed by atoms with Crippen molar-refractivity contribution in [2.45, 2.75) is 12.6 Å². The van der Waals surface area contributed by atoms with Gasteiger partial charge in [0.2, 0.25) is 0 Å². The minimum atomic E-state index is -4.52.